The van der Waals surface area contributed by atoms with Crippen molar-refractivity contribution in [1.29, 1.82) is 5.26 Å². The topological polar surface area (TPSA) is 113 Å². The average molecular weight is 318 g/mol. The number of halogens is 1. The molecular formula is C9H8BrN3O3S. The molecule has 6 nitrogen and oxygen atoms in total. The lowest BCUT2D eigenvalue weighted by molar-refractivity contribution is -0.115. The van der Waals surface area contributed by atoms with Gasteiger partial charge in [0.15, 0.2) is 0 Å². The molecule has 0 aliphatic carbocycles. The standard InChI is InChI=1S/C9H8BrN3O3S/c10-6-2-1-3-7(17(12,15)16)9(6)13-8(14)4-5-11/h1-3H,4H2,(H,13,14)(H2,12,15,16). The summed E-state index contributed by atoms with van der Waals surface area (Å²) in [7, 11) is -3.94. The summed E-state index contributed by atoms with van der Waals surface area (Å²) in [5.41, 5.74) is 0.0373. The molecule has 0 saturated heterocycles. The molecule has 1 amide bonds. The zero-order valence-corrected chi connectivity index (χ0v) is 10.9. The van der Waals surface area contributed by atoms with Crippen LogP contribution in [0.5, 0.6) is 0 Å². The molecule has 0 bridgehead atoms. The molecule has 3 N–H and O–H groups in total. The van der Waals surface area contributed by atoms with Crippen molar-refractivity contribution in [3.63, 3.8) is 0 Å². The fourth-order valence-corrected chi connectivity index (χ4v) is 2.43. The number of hydrogen-bond donors (Lipinski definition) is 2. The van der Waals surface area contributed by atoms with Crippen LogP contribution in [0.2, 0.25) is 0 Å². The van der Waals surface area contributed by atoms with E-state index >= 15 is 0 Å². The monoisotopic (exact) mass is 317 g/mol. The van der Waals surface area contributed by atoms with Crippen molar-refractivity contribution in [2.45, 2.75) is 11.3 Å². The van der Waals surface area contributed by atoms with Crippen molar-refractivity contribution in [1.82, 2.24) is 0 Å². The third-order valence-electron chi connectivity index (χ3n) is 1.79. The van der Waals surface area contributed by atoms with Crippen LogP contribution in [0.15, 0.2) is 27.6 Å². The number of benzene rings is 1. The van der Waals surface area contributed by atoms with E-state index in [1.54, 1.807) is 12.1 Å². The largest absolute Gasteiger partial charge is 0.323 e. The minimum absolute atomic E-state index is 0.0373. The van der Waals surface area contributed by atoms with E-state index in [0.717, 1.165) is 0 Å². The van der Waals surface area contributed by atoms with E-state index in [2.05, 4.69) is 21.2 Å². The Hall–Kier alpha value is -1.43. The number of carbonyl (C=O) groups is 1. The Balaban J connectivity index is 3.23. The fraction of sp³-hybridized carbons (Fsp3) is 0.111. The summed E-state index contributed by atoms with van der Waals surface area (Å²) >= 11 is 3.10. The summed E-state index contributed by atoms with van der Waals surface area (Å²) in [6.45, 7) is 0. The second-order valence-electron chi connectivity index (χ2n) is 3.04. The molecule has 90 valence electrons. The van der Waals surface area contributed by atoms with E-state index in [9.17, 15) is 13.2 Å². The van der Waals surface area contributed by atoms with Crippen LogP contribution in [0.4, 0.5) is 5.69 Å². The smallest absolute Gasteiger partial charge is 0.240 e. The van der Waals surface area contributed by atoms with Crippen molar-refractivity contribution in [2.24, 2.45) is 5.14 Å². The van der Waals surface area contributed by atoms with Crippen molar-refractivity contribution < 1.29 is 13.2 Å². The van der Waals surface area contributed by atoms with Crippen molar-refractivity contribution in [3.8, 4) is 6.07 Å². The molecule has 17 heavy (non-hydrogen) atoms. The van der Waals surface area contributed by atoms with Crippen LogP contribution in [0.3, 0.4) is 0 Å². The third kappa shape index (κ3) is 3.52. The Labute approximate surface area is 107 Å². The maximum absolute atomic E-state index is 11.3. The minimum Gasteiger partial charge on any atom is -0.323 e. The van der Waals surface area contributed by atoms with Gasteiger partial charge < -0.3 is 5.32 Å². The van der Waals surface area contributed by atoms with Crippen LogP contribution in [0.25, 0.3) is 0 Å². The first-order valence-electron chi connectivity index (χ1n) is 4.34. The SMILES string of the molecule is N#CCC(=O)Nc1c(Br)cccc1S(N)(=O)=O. The Bertz CT molecular complexity index is 592. The summed E-state index contributed by atoms with van der Waals surface area (Å²) in [5.74, 6) is -0.607. The van der Waals surface area contributed by atoms with E-state index in [1.165, 1.54) is 12.1 Å². The highest BCUT2D eigenvalue weighted by atomic mass is 79.9. The highest BCUT2D eigenvalue weighted by molar-refractivity contribution is 9.10. The van der Waals surface area contributed by atoms with Gasteiger partial charge in [-0.3, -0.25) is 4.79 Å². The van der Waals surface area contributed by atoms with E-state index in [1.807, 2.05) is 0 Å². The summed E-state index contributed by atoms with van der Waals surface area (Å²) in [4.78, 5) is 11.0. The van der Waals surface area contributed by atoms with Crippen LogP contribution in [-0.2, 0) is 14.8 Å². The zero-order chi connectivity index (χ0) is 13.1. The van der Waals surface area contributed by atoms with E-state index in [-0.39, 0.29) is 17.0 Å². The van der Waals surface area contributed by atoms with E-state index < -0.39 is 15.9 Å². The Morgan fingerprint density at radius 3 is 2.71 bits per heavy atom. The number of nitrogens with two attached hydrogens (primary N) is 1. The lowest BCUT2D eigenvalue weighted by Crippen LogP contribution is -2.18. The first-order chi connectivity index (χ1) is 7.86. The maximum Gasteiger partial charge on any atom is 0.240 e. The van der Waals surface area contributed by atoms with Gasteiger partial charge in [0.2, 0.25) is 15.9 Å². The van der Waals surface area contributed by atoms with Gasteiger partial charge in [0.25, 0.3) is 0 Å². The van der Waals surface area contributed by atoms with Crippen LogP contribution < -0.4 is 10.5 Å². The van der Waals surface area contributed by atoms with Gasteiger partial charge in [-0.25, -0.2) is 13.6 Å². The quantitative estimate of drug-likeness (QED) is 0.863. The predicted octanol–water partition coefficient (Wildman–Crippen LogP) is 0.949. The van der Waals surface area contributed by atoms with Gasteiger partial charge >= 0.3 is 0 Å². The number of nitrogens with zero attached hydrogens (tertiary/aromatic N) is 1. The molecule has 0 aliphatic heterocycles. The number of amides is 1. The number of hydrogen-bond acceptors (Lipinski definition) is 4. The van der Waals surface area contributed by atoms with Gasteiger partial charge in [-0.2, -0.15) is 5.26 Å². The predicted molar refractivity (Wildman–Crippen MR) is 64.4 cm³/mol. The normalized spacial score (nSPS) is 10.6. The molecule has 0 heterocycles. The molecule has 1 rings (SSSR count). The summed E-state index contributed by atoms with van der Waals surface area (Å²) in [6.07, 6.45) is -0.370. The van der Waals surface area contributed by atoms with Crippen LogP contribution in [0, 0.1) is 11.3 Å². The maximum atomic E-state index is 11.3. The molecule has 0 unspecified atom stereocenters. The lowest BCUT2D eigenvalue weighted by atomic mass is 10.3. The highest BCUT2D eigenvalue weighted by Gasteiger charge is 2.17. The number of para-hydroxylation sites is 1. The molecule has 8 heteroatoms. The van der Waals surface area contributed by atoms with E-state index in [4.69, 9.17) is 10.4 Å². The molecule has 1 aromatic carbocycles. The van der Waals surface area contributed by atoms with Gasteiger partial charge in [0.1, 0.15) is 11.3 Å². The highest BCUT2D eigenvalue weighted by Crippen LogP contribution is 2.29. The van der Waals surface area contributed by atoms with Crippen molar-refractivity contribution in [2.75, 3.05) is 5.32 Å². The number of carbonyl (C=O) groups excluding carboxylic acids is 1. The van der Waals surface area contributed by atoms with Crippen molar-refractivity contribution >= 4 is 37.5 Å². The Morgan fingerprint density at radius 1 is 1.53 bits per heavy atom. The van der Waals surface area contributed by atoms with Gasteiger partial charge in [0, 0.05) is 4.47 Å². The first-order valence-corrected chi connectivity index (χ1v) is 6.68. The number of sulfonamides is 1. The fourth-order valence-electron chi connectivity index (χ4n) is 1.12. The Morgan fingerprint density at radius 2 is 2.18 bits per heavy atom. The molecule has 0 aromatic heterocycles. The van der Waals surface area contributed by atoms with Gasteiger partial charge in [0.05, 0.1) is 11.8 Å². The number of rotatable bonds is 3. The van der Waals surface area contributed by atoms with Crippen LogP contribution in [0.1, 0.15) is 6.42 Å². The third-order valence-corrected chi connectivity index (χ3v) is 3.40. The van der Waals surface area contributed by atoms with Gasteiger partial charge in [-0.05, 0) is 28.1 Å². The molecule has 0 saturated carbocycles. The van der Waals surface area contributed by atoms with Gasteiger partial charge in [-0.1, -0.05) is 6.07 Å². The molecule has 0 fully saturated rings. The second-order valence-corrected chi connectivity index (χ2v) is 5.43. The lowest BCUT2D eigenvalue weighted by Gasteiger charge is -2.10. The van der Waals surface area contributed by atoms with Crippen LogP contribution in [-0.4, -0.2) is 14.3 Å². The molecule has 0 spiro atoms. The first kappa shape index (κ1) is 13.6. The molecule has 0 aliphatic rings. The minimum atomic E-state index is -3.94. The van der Waals surface area contributed by atoms with Crippen LogP contribution >= 0.6 is 15.9 Å². The number of nitrogens with one attached hydrogen (secondary N) is 1. The summed E-state index contributed by atoms with van der Waals surface area (Å²) in [5, 5.41) is 15.7. The van der Waals surface area contributed by atoms with E-state index in [0.29, 0.717) is 4.47 Å². The van der Waals surface area contributed by atoms with Gasteiger partial charge in [-0.15, -0.1) is 0 Å². The second kappa shape index (κ2) is 5.27. The average Bonchev–Trinajstić information content (AvgIpc) is 2.19. The Kier molecular flexibility index (Phi) is 4.22. The number of primary sulfonamides is 1. The van der Waals surface area contributed by atoms with Crippen molar-refractivity contribution in [3.05, 3.63) is 22.7 Å². The zero-order valence-electron chi connectivity index (χ0n) is 8.47. The summed E-state index contributed by atoms with van der Waals surface area (Å²) in [6, 6.07) is 5.95. The molecule has 1 aromatic rings. The number of nitriles is 1. The molecular weight excluding hydrogens is 310 g/mol. The molecule has 0 atom stereocenters. The summed E-state index contributed by atoms with van der Waals surface area (Å²) < 4.78 is 22.9. The number of anilines is 1. The molecule has 0 radical (unpaired) electrons.